The predicted molar refractivity (Wildman–Crippen MR) is 152 cm³/mol. The van der Waals surface area contributed by atoms with Crippen molar-refractivity contribution >= 4 is 23.6 Å². The van der Waals surface area contributed by atoms with Crippen molar-refractivity contribution in [3.8, 4) is 22.8 Å². The topological polar surface area (TPSA) is 104 Å². The molecule has 0 radical (unpaired) electrons. The van der Waals surface area contributed by atoms with E-state index in [4.69, 9.17) is 4.74 Å². The number of aliphatic carboxylic acids is 1. The molecule has 4 rings (SSSR count). The Labute approximate surface area is 251 Å². The van der Waals surface area contributed by atoms with E-state index in [9.17, 15) is 14.7 Å². The molecule has 0 saturated heterocycles. The van der Waals surface area contributed by atoms with E-state index in [0.29, 0.717) is 42.2 Å². The molecule has 1 amide bonds. The number of aryl methyl sites for hydroxylation is 3. The van der Waals surface area contributed by atoms with Crippen LogP contribution in [0.15, 0.2) is 85.2 Å². The van der Waals surface area contributed by atoms with Gasteiger partial charge in [0, 0.05) is 5.56 Å². The van der Waals surface area contributed by atoms with Gasteiger partial charge in [0.15, 0.2) is 0 Å². The van der Waals surface area contributed by atoms with E-state index in [-0.39, 0.29) is 18.9 Å². The number of aromatic nitrogens is 2. The van der Waals surface area contributed by atoms with Gasteiger partial charge in [-0.15, -0.1) is 0 Å². The summed E-state index contributed by atoms with van der Waals surface area (Å²) < 4.78 is 5.72. The molecule has 0 fully saturated rings. The second kappa shape index (κ2) is 15.3. The molecule has 0 saturated carbocycles. The van der Waals surface area contributed by atoms with Crippen molar-refractivity contribution < 1.29 is 38.3 Å². The quantitative estimate of drug-likeness (QED) is 0.269. The van der Waals surface area contributed by atoms with Crippen molar-refractivity contribution in [3.05, 3.63) is 108 Å². The molecule has 1 N–H and O–H groups in total. The number of benzene rings is 3. The van der Waals surface area contributed by atoms with Crippen molar-refractivity contribution in [1.82, 2.24) is 15.3 Å². The zero-order chi connectivity index (χ0) is 27.6. The average Bonchev–Trinajstić information content (AvgIpc) is 2.95. The summed E-state index contributed by atoms with van der Waals surface area (Å²) in [5.74, 6) is 0.00463. The molecule has 200 valence electrons. The summed E-state index contributed by atoms with van der Waals surface area (Å²) in [5, 5.41) is 14.3. The van der Waals surface area contributed by atoms with Gasteiger partial charge in [0.05, 0.1) is 30.1 Å². The predicted octanol–water partition coefficient (Wildman–Crippen LogP) is 1.63. The van der Waals surface area contributed by atoms with Gasteiger partial charge in [-0.25, -0.2) is 4.98 Å². The number of carbonyl (C=O) groups excluding carboxylic acids is 2. The number of carboxylic acid groups (broad SMARTS) is 1. The minimum atomic E-state index is -1.28. The Morgan fingerprint density at radius 3 is 2.38 bits per heavy atom. The molecule has 1 heterocycles. The number of carbonyl (C=O) groups is 2. The summed E-state index contributed by atoms with van der Waals surface area (Å²) in [5.41, 5.74) is 4.95. The molecule has 1 atom stereocenters. The fourth-order valence-electron chi connectivity index (χ4n) is 4.17. The summed E-state index contributed by atoms with van der Waals surface area (Å²) in [6.45, 7) is 1.99. The Morgan fingerprint density at radius 1 is 0.950 bits per heavy atom. The van der Waals surface area contributed by atoms with Crippen LogP contribution in [0.5, 0.6) is 11.6 Å². The first-order chi connectivity index (χ1) is 18.9. The molecule has 7 nitrogen and oxygen atoms in total. The number of hydrogen-bond acceptors (Lipinski definition) is 7. The first kappa shape index (κ1) is 31.0. The standard InChI is InChI=1S/C31H31N3O4S.Li/c1-21-8-6-7-11-25(21)27-18-22(13-15-26(27)30(35)34-28(31(36)37)16-17-39-2)12-14-23-19-33-29(20-32-23)38-24-9-4-3-5-10-24;/h3-11,13,15,18-20,28H,12,14,16-17H2,1-2H3,(H,34,35)(H,36,37);/q;+1/p-1. The van der Waals surface area contributed by atoms with Gasteiger partial charge < -0.3 is 20.0 Å². The van der Waals surface area contributed by atoms with Crippen LogP contribution in [0.4, 0.5) is 0 Å². The minimum Gasteiger partial charge on any atom is -0.548 e. The minimum absolute atomic E-state index is 0. The molecule has 0 aliphatic rings. The maximum Gasteiger partial charge on any atom is 1.00 e. The molecule has 40 heavy (non-hydrogen) atoms. The number of nitrogens with zero attached hydrogens (tertiary/aromatic N) is 2. The number of amides is 1. The average molecular weight is 548 g/mol. The fourth-order valence-corrected chi connectivity index (χ4v) is 4.64. The Balaban J connectivity index is 0.00000441. The Bertz CT molecular complexity index is 1420. The molecule has 4 aromatic rings. The number of thioether (sulfide) groups is 1. The zero-order valence-corrected chi connectivity index (χ0v) is 23.7. The third-order valence-corrected chi connectivity index (χ3v) is 6.93. The van der Waals surface area contributed by atoms with Gasteiger partial charge in [-0.3, -0.25) is 9.78 Å². The second-order valence-electron chi connectivity index (χ2n) is 9.08. The van der Waals surface area contributed by atoms with Crippen molar-refractivity contribution in [2.24, 2.45) is 0 Å². The number of para-hydroxylation sites is 1. The number of nitrogens with one attached hydrogen (secondary N) is 1. The van der Waals surface area contributed by atoms with Crippen LogP contribution in [0.1, 0.15) is 33.6 Å². The Hall–Kier alpha value is -3.57. The Morgan fingerprint density at radius 2 is 1.70 bits per heavy atom. The number of rotatable bonds is 12. The van der Waals surface area contributed by atoms with Crippen LogP contribution in [-0.2, 0) is 17.6 Å². The summed E-state index contributed by atoms with van der Waals surface area (Å²) >= 11 is 1.52. The molecule has 3 aromatic carbocycles. The molecule has 1 unspecified atom stereocenters. The van der Waals surface area contributed by atoms with Crippen molar-refractivity contribution in [1.29, 1.82) is 0 Å². The first-order valence-corrected chi connectivity index (χ1v) is 14.1. The van der Waals surface area contributed by atoms with Crippen LogP contribution in [0, 0.1) is 6.92 Å². The molecule has 9 heteroatoms. The van der Waals surface area contributed by atoms with E-state index in [2.05, 4.69) is 15.3 Å². The molecule has 0 bridgehead atoms. The summed E-state index contributed by atoms with van der Waals surface area (Å²) in [6.07, 6.45) is 6.84. The van der Waals surface area contributed by atoms with Crippen LogP contribution in [0.3, 0.4) is 0 Å². The van der Waals surface area contributed by atoms with Crippen LogP contribution >= 0.6 is 11.8 Å². The van der Waals surface area contributed by atoms with Crippen molar-refractivity contribution in [3.63, 3.8) is 0 Å². The van der Waals surface area contributed by atoms with Gasteiger partial charge in [0.25, 0.3) is 5.91 Å². The molecule has 0 aliphatic heterocycles. The van der Waals surface area contributed by atoms with Gasteiger partial charge in [-0.05, 0) is 78.6 Å². The number of carboxylic acids is 1. The molecule has 0 spiro atoms. The summed E-state index contributed by atoms with van der Waals surface area (Å²) in [7, 11) is 0. The number of hydrogen-bond donors (Lipinski definition) is 1. The van der Waals surface area contributed by atoms with Crippen LogP contribution in [0.2, 0.25) is 0 Å². The van der Waals surface area contributed by atoms with E-state index in [1.54, 1.807) is 18.5 Å². The molecule has 0 aliphatic carbocycles. The van der Waals surface area contributed by atoms with Gasteiger partial charge in [0.1, 0.15) is 5.75 Å². The van der Waals surface area contributed by atoms with Gasteiger partial charge >= 0.3 is 18.9 Å². The van der Waals surface area contributed by atoms with E-state index < -0.39 is 17.9 Å². The maximum atomic E-state index is 13.2. The largest absolute Gasteiger partial charge is 1.00 e. The third kappa shape index (κ3) is 8.46. The normalized spacial score (nSPS) is 11.2. The molecular formula is C31H30LiN3O4S. The van der Waals surface area contributed by atoms with E-state index in [0.717, 1.165) is 27.9 Å². The van der Waals surface area contributed by atoms with Gasteiger partial charge in [0.2, 0.25) is 5.88 Å². The fraction of sp³-hybridized carbons (Fsp3) is 0.226. The maximum absolute atomic E-state index is 13.2. The first-order valence-electron chi connectivity index (χ1n) is 12.7. The van der Waals surface area contributed by atoms with Gasteiger partial charge in [-0.2, -0.15) is 11.8 Å². The van der Waals surface area contributed by atoms with Gasteiger partial charge in [-0.1, -0.05) is 54.6 Å². The summed E-state index contributed by atoms with van der Waals surface area (Å²) in [6, 6.07) is 21.8. The van der Waals surface area contributed by atoms with Crippen molar-refractivity contribution in [2.75, 3.05) is 12.0 Å². The smallest absolute Gasteiger partial charge is 0.548 e. The Kier molecular flexibility index (Phi) is 11.8. The zero-order valence-electron chi connectivity index (χ0n) is 22.9. The van der Waals surface area contributed by atoms with Crippen LogP contribution in [0.25, 0.3) is 11.1 Å². The number of ether oxygens (including phenoxy) is 1. The van der Waals surface area contributed by atoms with Crippen LogP contribution in [-0.4, -0.2) is 39.9 Å². The molecular weight excluding hydrogens is 517 g/mol. The molecule has 1 aromatic heterocycles. The van der Waals surface area contributed by atoms with E-state index >= 15 is 0 Å². The van der Waals surface area contributed by atoms with Crippen LogP contribution < -0.4 is 34.0 Å². The monoisotopic (exact) mass is 547 g/mol. The van der Waals surface area contributed by atoms with Crippen molar-refractivity contribution in [2.45, 2.75) is 32.2 Å². The second-order valence-corrected chi connectivity index (χ2v) is 10.1. The van der Waals surface area contributed by atoms with E-state index in [1.165, 1.54) is 11.8 Å². The SMILES string of the molecule is CSCCC(NC(=O)c1ccc(CCc2cnc(Oc3ccccc3)cn2)cc1-c1ccccc1C)C(=O)[O-].[Li+]. The van der Waals surface area contributed by atoms with E-state index in [1.807, 2.05) is 79.9 Å². The summed E-state index contributed by atoms with van der Waals surface area (Å²) in [4.78, 5) is 33.7. The third-order valence-electron chi connectivity index (χ3n) is 6.28.